The molecule has 0 amide bonds. The van der Waals surface area contributed by atoms with Crippen LogP contribution in [0.5, 0.6) is 0 Å². The Bertz CT molecular complexity index is 2750. The van der Waals surface area contributed by atoms with Crippen LogP contribution < -0.4 is 0 Å². The second kappa shape index (κ2) is 55.1. The van der Waals surface area contributed by atoms with Gasteiger partial charge in [-0.15, -0.1) is 12.8 Å². The number of fused-ring (bicyclic) bond motifs is 1. The van der Waals surface area contributed by atoms with E-state index in [9.17, 15) is 0 Å². The maximum absolute atomic E-state index is 4.00. The van der Waals surface area contributed by atoms with E-state index in [4.69, 9.17) is 0 Å². The maximum Gasteiger partial charge on any atom is -0.00611 e. The van der Waals surface area contributed by atoms with Crippen molar-refractivity contribution in [1.82, 2.24) is 0 Å². The molecule has 0 radical (unpaired) electrons. The molecule has 0 atom stereocenters. The van der Waals surface area contributed by atoms with Crippen molar-refractivity contribution < 1.29 is 0 Å². The summed E-state index contributed by atoms with van der Waals surface area (Å²) in [6, 6.07) is 46.7. The fraction of sp³-hybridized carbons (Fsp3) is 0.325. The summed E-state index contributed by atoms with van der Waals surface area (Å²) in [4.78, 5) is 0. The number of terminal acetylenes is 1. The van der Waals surface area contributed by atoms with Gasteiger partial charge < -0.3 is 0 Å². The molecule has 0 heterocycles. The van der Waals surface area contributed by atoms with Crippen LogP contribution in [0.4, 0.5) is 0 Å². The van der Waals surface area contributed by atoms with E-state index in [0.717, 1.165) is 36.8 Å². The molecule has 83 heavy (non-hydrogen) atoms. The summed E-state index contributed by atoms with van der Waals surface area (Å²) in [5.41, 5.74) is 21.4. The molecule has 0 fully saturated rings. The van der Waals surface area contributed by atoms with Gasteiger partial charge in [-0.2, -0.15) is 0 Å². The van der Waals surface area contributed by atoms with Crippen LogP contribution >= 0.6 is 0 Å². The fourth-order valence-corrected chi connectivity index (χ4v) is 8.16. The second-order valence-corrected chi connectivity index (χ2v) is 18.5. The summed E-state index contributed by atoms with van der Waals surface area (Å²) in [5, 5.41) is 0. The zero-order chi connectivity index (χ0) is 61.1. The van der Waals surface area contributed by atoms with Crippen LogP contribution in [0.25, 0.3) is 33.9 Å². The highest BCUT2D eigenvalue weighted by Crippen LogP contribution is 2.35. The lowest BCUT2D eigenvalue weighted by molar-refractivity contribution is 0.886. The number of allylic oxidation sites excluding steroid dienone is 21. The van der Waals surface area contributed by atoms with Gasteiger partial charge in [0.05, 0.1) is 0 Å². The Hall–Kier alpha value is -7.46. The SMILES string of the molecule is C.C.C#C.C/C=C\CCC1=CCc2cc(C)ccc21.C=C/C(C)=C\C1=C(C)C(CC)=C(C)C1.C=C\C=C(/C=C\C=C\C=C(/C=C\c1ccc(-c2ccccc2)cc1)c1ccccc1)c1ccccc1.CC.CC.CC.CCCC.CCCC. The summed E-state index contributed by atoms with van der Waals surface area (Å²) in [6.45, 7) is 41.4. The van der Waals surface area contributed by atoms with Crippen LogP contribution in [0.2, 0.25) is 0 Å². The first-order valence-electron chi connectivity index (χ1n) is 30.3. The van der Waals surface area contributed by atoms with Gasteiger partial charge in [-0.3, -0.25) is 0 Å². The van der Waals surface area contributed by atoms with Crippen LogP contribution in [0.1, 0.15) is 203 Å². The van der Waals surface area contributed by atoms with E-state index in [2.05, 4.69) is 265 Å². The van der Waals surface area contributed by atoms with Crippen molar-refractivity contribution in [3.63, 3.8) is 0 Å². The molecule has 0 heteroatoms. The van der Waals surface area contributed by atoms with E-state index in [-0.39, 0.29) is 14.9 Å². The molecule has 0 nitrogen and oxygen atoms in total. The smallest absolute Gasteiger partial charge is 0.00611 e. The molecule has 5 aromatic carbocycles. The first-order valence-corrected chi connectivity index (χ1v) is 30.3. The van der Waals surface area contributed by atoms with E-state index in [1.807, 2.05) is 90.1 Å². The molecule has 0 saturated heterocycles. The van der Waals surface area contributed by atoms with Gasteiger partial charge in [-0.05, 0) is 139 Å². The van der Waals surface area contributed by atoms with Gasteiger partial charge in [0.1, 0.15) is 0 Å². The standard InChI is InChI=1S/C36H30.C15H18.C14H20.2C4H10.3C2H6.C2H2.2CH4/c1-2-15-31(32-17-8-4-9-18-32)16-7-3-14-23-35(33-19-10-5-11-20-33)27-24-30-25-28-36(29-26-30)34-21-12-6-13-22-34;1-3-4-5-6-13-8-9-14-11-12(2)7-10-15(13)14;1-6-10(3)8-13-9-11(4)14(7-2)12(13)5;2*1-3-4-2;4*1-2;;/h2-29H,1H2;3-4,7-8,10-11H,5-6,9H2,1-2H3;6,8H,1,7,9H2,2-5H3;2*3-4H2,1-2H3;3*1-2H3;1-2H;2*1H4/b14-3+,16-7-,27-24-,31-15+,35-23+;4-3-;10-8-;;;;;;;;. The van der Waals surface area contributed by atoms with Gasteiger partial charge in [0.15, 0.2) is 0 Å². The Labute approximate surface area is 514 Å². The van der Waals surface area contributed by atoms with Gasteiger partial charge in [-0.25, -0.2) is 0 Å². The van der Waals surface area contributed by atoms with Crippen LogP contribution in [-0.4, -0.2) is 0 Å². The molecule has 0 aliphatic heterocycles. The Kier molecular flexibility index (Phi) is 54.4. The third kappa shape index (κ3) is 33.9. The zero-order valence-corrected chi connectivity index (χ0v) is 53.7. The lowest BCUT2D eigenvalue weighted by Crippen LogP contribution is -1.86. The molecule has 448 valence electrons. The van der Waals surface area contributed by atoms with Crippen LogP contribution in [-0.2, 0) is 6.42 Å². The maximum atomic E-state index is 4.00. The van der Waals surface area contributed by atoms with Gasteiger partial charge in [0.2, 0.25) is 0 Å². The molecular weight excluding hydrogens is 997 g/mol. The lowest BCUT2D eigenvalue weighted by atomic mass is 10.0. The predicted octanol–water partition coefficient (Wildman–Crippen LogP) is 26.9. The van der Waals surface area contributed by atoms with Crippen molar-refractivity contribution in [3.05, 3.63) is 287 Å². The molecule has 0 spiro atoms. The van der Waals surface area contributed by atoms with E-state index in [0.29, 0.717) is 0 Å². The predicted molar refractivity (Wildman–Crippen MR) is 388 cm³/mol. The summed E-state index contributed by atoms with van der Waals surface area (Å²) in [7, 11) is 0. The van der Waals surface area contributed by atoms with Crippen molar-refractivity contribution in [3.8, 4) is 24.0 Å². The Morgan fingerprint density at radius 1 is 0.590 bits per heavy atom. The minimum atomic E-state index is 0. The molecule has 7 rings (SSSR count). The Morgan fingerprint density at radius 2 is 1.10 bits per heavy atom. The molecule has 2 aliphatic rings. The zero-order valence-electron chi connectivity index (χ0n) is 53.7. The molecular formula is C83H116. The largest absolute Gasteiger partial charge is 0.124 e. The average Bonchev–Trinajstić information content (AvgIpc) is 4.28. The fourth-order valence-electron chi connectivity index (χ4n) is 8.16. The van der Waals surface area contributed by atoms with Crippen molar-refractivity contribution in [2.45, 2.75) is 183 Å². The monoisotopic (exact) mass is 1110 g/mol. The van der Waals surface area contributed by atoms with Gasteiger partial charge in [0, 0.05) is 0 Å². The third-order valence-electron chi connectivity index (χ3n) is 12.7. The summed E-state index contributed by atoms with van der Waals surface area (Å²) in [5.74, 6) is 0. The van der Waals surface area contributed by atoms with Crippen LogP contribution in [0.15, 0.2) is 253 Å². The number of rotatable bonds is 17. The Balaban J connectivity index is -0.000000550. The number of benzene rings is 5. The first-order chi connectivity index (χ1) is 39.6. The molecule has 0 saturated carbocycles. The van der Waals surface area contributed by atoms with E-state index in [1.54, 1.807) is 5.57 Å². The van der Waals surface area contributed by atoms with E-state index in [1.165, 1.54) is 104 Å². The molecule has 0 bridgehead atoms. The average molecular weight is 1110 g/mol. The van der Waals surface area contributed by atoms with E-state index < -0.39 is 0 Å². The lowest BCUT2D eigenvalue weighted by Gasteiger charge is -2.05. The molecule has 0 aromatic heterocycles. The van der Waals surface area contributed by atoms with Crippen molar-refractivity contribution >= 4 is 22.8 Å². The topological polar surface area (TPSA) is 0 Å². The van der Waals surface area contributed by atoms with Crippen molar-refractivity contribution in [2.24, 2.45) is 0 Å². The third-order valence-corrected chi connectivity index (χ3v) is 12.7. The normalized spacial score (nSPS) is 12.1. The number of hydrogen-bond acceptors (Lipinski definition) is 0. The number of aryl methyl sites for hydroxylation is 1. The second-order valence-electron chi connectivity index (χ2n) is 18.5. The summed E-state index contributed by atoms with van der Waals surface area (Å²) in [6.07, 6.45) is 48.6. The minimum absolute atomic E-state index is 0. The first kappa shape index (κ1) is 82.0. The Morgan fingerprint density at radius 3 is 1.57 bits per heavy atom. The summed E-state index contributed by atoms with van der Waals surface area (Å²) >= 11 is 0. The summed E-state index contributed by atoms with van der Waals surface area (Å²) < 4.78 is 0. The minimum Gasteiger partial charge on any atom is -0.124 e. The van der Waals surface area contributed by atoms with Gasteiger partial charge in [-0.1, -0.05) is 365 Å². The van der Waals surface area contributed by atoms with E-state index >= 15 is 0 Å². The van der Waals surface area contributed by atoms with Crippen molar-refractivity contribution in [2.75, 3.05) is 0 Å². The molecule has 5 aromatic rings. The molecule has 0 N–H and O–H groups in total. The number of unbranched alkanes of at least 4 members (excludes halogenated alkanes) is 2. The number of hydrogen-bond donors (Lipinski definition) is 0. The van der Waals surface area contributed by atoms with Crippen LogP contribution in [0.3, 0.4) is 0 Å². The van der Waals surface area contributed by atoms with Crippen LogP contribution in [0, 0.1) is 19.8 Å². The van der Waals surface area contributed by atoms with Crippen molar-refractivity contribution in [1.29, 1.82) is 0 Å². The quantitative estimate of drug-likeness (QED) is 0.0495. The highest BCUT2D eigenvalue weighted by molar-refractivity contribution is 5.80. The van der Waals surface area contributed by atoms with Gasteiger partial charge in [0.25, 0.3) is 0 Å². The molecule has 2 aliphatic carbocycles. The van der Waals surface area contributed by atoms with Gasteiger partial charge >= 0.3 is 0 Å². The highest BCUT2D eigenvalue weighted by atomic mass is 14.2. The molecule has 0 unspecified atom stereocenters. The highest BCUT2D eigenvalue weighted by Gasteiger charge is 2.16.